The molecule has 0 aromatic heterocycles. The number of ketones is 1. The molecule has 5 rings (SSSR count). The van der Waals surface area contributed by atoms with Crippen LogP contribution < -0.4 is 0 Å². The molecule has 4 fully saturated rings. The van der Waals surface area contributed by atoms with E-state index in [0.29, 0.717) is 17.8 Å². The minimum absolute atomic E-state index is 0.00460. The van der Waals surface area contributed by atoms with Crippen molar-refractivity contribution >= 4 is 5.78 Å². The molecule has 3 saturated carbocycles. The molecule has 1 saturated heterocycles. The quantitative estimate of drug-likeness (QED) is 0.577. The van der Waals surface area contributed by atoms with Crippen molar-refractivity contribution in [2.45, 2.75) is 89.9 Å². The van der Waals surface area contributed by atoms with E-state index in [0.717, 1.165) is 38.5 Å². The maximum Gasteiger partial charge on any atom is 0.165 e. The number of hydrogen-bond acceptors (Lipinski definition) is 3. The lowest BCUT2D eigenvalue weighted by molar-refractivity contribution is -0.135. The lowest BCUT2D eigenvalue weighted by Gasteiger charge is -2.58. The average molecular weight is 344 g/mol. The first-order chi connectivity index (χ1) is 11.7. The molecule has 4 aliphatic carbocycles. The number of rotatable bonds is 1. The summed E-state index contributed by atoms with van der Waals surface area (Å²) in [6, 6.07) is 0. The van der Waals surface area contributed by atoms with E-state index in [1.807, 2.05) is 0 Å². The Labute approximate surface area is 151 Å². The van der Waals surface area contributed by atoms with Crippen molar-refractivity contribution in [1.82, 2.24) is 0 Å². The number of aliphatic hydroxyl groups is 1. The smallest absolute Gasteiger partial charge is 0.165 e. The van der Waals surface area contributed by atoms with E-state index < -0.39 is 5.60 Å². The topological polar surface area (TPSA) is 49.8 Å². The lowest BCUT2D eigenvalue weighted by atomic mass is 9.47. The van der Waals surface area contributed by atoms with Crippen molar-refractivity contribution in [3.8, 4) is 0 Å². The molecule has 0 bridgehead atoms. The van der Waals surface area contributed by atoms with E-state index in [1.54, 1.807) is 6.92 Å². The predicted octanol–water partition coefficient (Wildman–Crippen LogP) is 4.04. The summed E-state index contributed by atoms with van der Waals surface area (Å²) in [7, 11) is 0. The Bertz CT molecular complexity index is 683. The van der Waals surface area contributed by atoms with Crippen molar-refractivity contribution in [2.24, 2.45) is 28.6 Å². The van der Waals surface area contributed by atoms with Crippen LogP contribution in [0.2, 0.25) is 0 Å². The Morgan fingerprint density at radius 1 is 1.20 bits per heavy atom. The van der Waals surface area contributed by atoms with Gasteiger partial charge >= 0.3 is 0 Å². The molecule has 1 heterocycles. The van der Waals surface area contributed by atoms with Crippen LogP contribution in [0.1, 0.15) is 72.6 Å². The number of carbonyl (C=O) groups excluding carboxylic acids is 1. The number of allylic oxidation sites excluding steroid dienone is 1. The monoisotopic (exact) mass is 344 g/mol. The first-order valence-electron chi connectivity index (χ1n) is 10.3. The van der Waals surface area contributed by atoms with E-state index in [-0.39, 0.29) is 28.3 Å². The van der Waals surface area contributed by atoms with Gasteiger partial charge in [0.25, 0.3) is 0 Å². The lowest BCUT2D eigenvalue weighted by Crippen LogP contribution is -2.54. The Hall–Kier alpha value is -0.670. The van der Waals surface area contributed by atoms with Gasteiger partial charge in [-0.15, -0.1) is 0 Å². The highest BCUT2D eigenvalue weighted by atomic mass is 16.6. The van der Waals surface area contributed by atoms with E-state index in [4.69, 9.17) is 4.74 Å². The first kappa shape index (κ1) is 16.5. The number of hydrogen-bond donors (Lipinski definition) is 1. The van der Waals surface area contributed by atoms with Crippen LogP contribution in [0, 0.1) is 28.6 Å². The van der Waals surface area contributed by atoms with Crippen molar-refractivity contribution in [3.63, 3.8) is 0 Å². The first-order valence-corrected chi connectivity index (χ1v) is 10.3. The molecule has 0 aromatic carbocycles. The Morgan fingerprint density at radius 3 is 2.68 bits per heavy atom. The molecule has 5 aliphatic rings. The van der Waals surface area contributed by atoms with Crippen LogP contribution in [-0.4, -0.2) is 28.2 Å². The van der Waals surface area contributed by atoms with Gasteiger partial charge in [0.15, 0.2) is 11.4 Å². The SMILES string of the molecule is CC(=O)[C@]12O[C@@]1(C)C[C@H]1[C@@H]3CC=C4C[C@@H](O)CC[C@]4(C)[C@H]3CC[C@@]12C. The highest BCUT2D eigenvalue weighted by molar-refractivity contribution is 5.91. The fraction of sp³-hybridized carbons (Fsp3) is 0.864. The molecule has 138 valence electrons. The van der Waals surface area contributed by atoms with Gasteiger partial charge in [-0.25, -0.2) is 0 Å². The number of fused-ring (bicyclic) bond motifs is 7. The Morgan fingerprint density at radius 2 is 1.96 bits per heavy atom. The fourth-order valence-corrected chi connectivity index (χ4v) is 8.26. The van der Waals surface area contributed by atoms with Gasteiger partial charge in [0, 0.05) is 5.41 Å². The molecule has 1 aliphatic heterocycles. The Balaban J connectivity index is 1.53. The van der Waals surface area contributed by atoms with Crippen LogP contribution in [0.4, 0.5) is 0 Å². The number of carbonyl (C=O) groups is 1. The third-order valence-corrected chi connectivity index (χ3v) is 9.46. The normalized spacial score (nSPS) is 59.2. The maximum atomic E-state index is 12.6. The second-order valence-electron chi connectivity index (χ2n) is 10.4. The minimum Gasteiger partial charge on any atom is -0.393 e. The van der Waals surface area contributed by atoms with Crippen LogP contribution in [0.15, 0.2) is 11.6 Å². The number of aliphatic hydroxyl groups excluding tert-OH is 1. The second-order valence-corrected chi connectivity index (χ2v) is 10.4. The van der Waals surface area contributed by atoms with E-state index in [2.05, 4.69) is 26.8 Å². The standard InChI is InChI=1S/C22H32O3/c1-13(23)22-20(3)10-8-17-16(18(20)12-21(22,4)25-22)6-5-14-11-15(24)7-9-19(14,17)2/h5,15-18,24H,6-12H2,1-4H3/t15-,16+,17-,18-,19-,20-,21-,22+/m0/s1. The zero-order valence-electron chi connectivity index (χ0n) is 16.1. The summed E-state index contributed by atoms with van der Waals surface area (Å²) in [6.07, 6.45) is 9.75. The summed E-state index contributed by atoms with van der Waals surface area (Å²) in [5.74, 6) is 2.23. The molecule has 0 amide bonds. The average Bonchev–Trinajstić information content (AvgIpc) is 3.13. The predicted molar refractivity (Wildman–Crippen MR) is 96.0 cm³/mol. The molecule has 8 atom stereocenters. The third kappa shape index (κ3) is 1.69. The summed E-state index contributed by atoms with van der Waals surface area (Å²) in [6.45, 7) is 8.72. The largest absolute Gasteiger partial charge is 0.393 e. The van der Waals surface area contributed by atoms with Gasteiger partial charge in [-0.2, -0.15) is 0 Å². The highest BCUT2D eigenvalue weighted by Crippen LogP contribution is 2.77. The van der Waals surface area contributed by atoms with Gasteiger partial charge in [0.1, 0.15) is 5.60 Å². The number of ether oxygens (including phenoxy) is 1. The van der Waals surface area contributed by atoms with Crippen LogP contribution >= 0.6 is 0 Å². The molecular formula is C22H32O3. The van der Waals surface area contributed by atoms with Gasteiger partial charge in [0.2, 0.25) is 0 Å². The van der Waals surface area contributed by atoms with E-state index >= 15 is 0 Å². The zero-order valence-corrected chi connectivity index (χ0v) is 16.1. The van der Waals surface area contributed by atoms with Gasteiger partial charge in [-0.05, 0) is 82.0 Å². The van der Waals surface area contributed by atoms with Gasteiger partial charge in [-0.3, -0.25) is 4.79 Å². The van der Waals surface area contributed by atoms with Crippen LogP contribution in [0.5, 0.6) is 0 Å². The third-order valence-electron chi connectivity index (χ3n) is 9.46. The molecule has 0 spiro atoms. The zero-order chi connectivity index (χ0) is 17.8. The van der Waals surface area contributed by atoms with E-state index in [9.17, 15) is 9.90 Å². The molecule has 0 radical (unpaired) electrons. The Kier molecular flexibility index (Phi) is 3.03. The summed E-state index contributed by atoms with van der Waals surface area (Å²) >= 11 is 0. The van der Waals surface area contributed by atoms with Crippen molar-refractivity contribution in [1.29, 1.82) is 0 Å². The highest BCUT2D eigenvalue weighted by Gasteiger charge is 2.85. The van der Waals surface area contributed by atoms with Crippen LogP contribution in [-0.2, 0) is 9.53 Å². The van der Waals surface area contributed by atoms with Gasteiger partial charge in [0.05, 0.1) is 6.10 Å². The maximum absolute atomic E-state index is 12.6. The van der Waals surface area contributed by atoms with E-state index in [1.165, 1.54) is 12.0 Å². The van der Waals surface area contributed by atoms with Gasteiger partial charge < -0.3 is 9.84 Å². The van der Waals surface area contributed by atoms with Crippen molar-refractivity contribution < 1.29 is 14.6 Å². The summed E-state index contributed by atoms with van der Waals surface area (Å²) in [5.41, 5.74) is 1.05. The summed E-state index contributed by atoms with van der Waals surface area (Å²) in [5, 5.41) is 10.1. The van der Waals surface area contributed by atoms with Crippen molar-refractivity contribution in [2.75, 3.05) is 0 Å². The van der Waals surface area contributed by atoms with Crippen LogP contribution in [0.3, 0.4) is 0 Å². The molecule has 1 N–H and O–H groups in total. The summed E-state index contributed by atoms with van der Waals surface area (Å²) in [4.78, 5) is 12.6. The van der Waals surface area contributed by atoms with Gasteiger partial charge in [-0.1, -0.05) is 25.5 Å². The number of Topliss-reactive ketones (excluding diaryl/α,β-unsaturated/α-hetero) is 1. The second kappa shape index (κ2) is 4.59. The number of epoxide rings is 1. The molecular weight excluding hydrogens is 312 g/mol. The molecule has 3 nitrogen and oxygen atoms in total. The minimum atomic E-state index is -0.511. The summed E-state index contributed by atoms with van der Waals surface area (Å²) < 4.78 is 6.19. The molecule has 25 heavy (non-hydrogen) atoms. The fourth-order valence-electron chi connectivity index (χ4n) is 8.26. The molecule has 0 aromatic rings. The molecule has 0 unspecified atom stereocenters. The van der Waals surface area contributed by atoms with Crippen LogP contribution in [0.25, 0.3) is 0 Å². The molecule has 3 heteroatoms. The van der Waals surface area contributed by atoms with Crippen molar-refractivity contribution in [3.05, 3.63) is 11.6 Å².